The quantitative estimate of drug-likeness (QED) is 0.724. The van der Waals surface area contributed by atoms with Gasteiger partial charge in [0, 0.05) is 31.6 Å². The predicted molar refractivity (Wildman–Crippen MR) is 107 cm³/mol. The number of nitrogens with one attached hydrogen (secondary N) is 2. The van der Waals surface area contributed by atoms with Crippen LogP contribution >= 0.6 is 0 Å². The minimum atomic E-state index is -4.26. The van der Waals surface area contributed by atoms with Crippen LogP contribution in [-0.4, -0.2) is 37.6 Å². The smallest absolute Gasteiger partial charge is 0.246 e. The zero-order valence-corrected chi connectivity index (χ0v) is 17.3. The van der Waals surface area contributed by atoms with Crippen molar-refractivity contribution in [3.05, 3.63) is 53.8 Å². The van der Waals surface area contributed by atoms with E-state index < -0.39 is 44.2 Å². The van der Waals surface area contributed by atoms with Crippen molar-refractivity contribution in [1.82, 2.24) is 4.31 Å². The van der Waals surface area contributed by atoms with Crippen LogP contribution in [0.4, 0.5) is 24.5 Å². The van der Waals surface area contributed by atoms with Gasteiger partial charge in [-0.05, 0) is 49.2 Å². The van der Waals surface area contributed by atoms with Gasteiger partial charge in [-0.3, -0.25) is 9.59 Å². The van der Waals surface area contributed by atoms with Crippen molar-refractivity contribution in [2.45, 2.75) is 24.7 Å². The minimum absolute atomic E-state index is 0.0786. The number of carbonyl (C=O) groups excluding carboxylic acids is 2. The van der Waals surface area contributed by atoms with Crippen LogP contribution in [0.2, 0.25) is 0 Å². The Hall–Kier alpha value is -2.92. The van der Waals surface area contributed by atoms with Crippen LogP contribution in [0, 0.1) is 23.4 Å². The van der Waals surface area contributed by atoms with Crippen molar-refractivity contribution >= 4 is 33.2 Å². The van der Waals surface area contributed by atoms with Crippen LogP contribution in [-0.2, 0) is 19.6 Å². The van der Waals surface area contributed by atoms with Crippen molar-refractivity contribution < 1.29 is 31.2 Å². The molecule has 1 aliphatic rings. The molecule has 2 aromatic rings. The lowest BCUT2D eigenvalue weighted by Crippen LogP contribution is -2.41. The first-order chi connectivity index (χ1) is 14.6. The number of sulfonamides is 1. The van der Waals surface area contributed by atoms with Gasteiger partial charge in [-0.2, -0.15) is 4.31 Å². The predicted octanol–water partition coefficient (Wildman–Crippen LogP) is 3.10. The van der Waals surface area contributed by atoms with Crippen LogP contribution in [0.15, 0.2) is 41.3 Å². The highest BCUT2D eigenvalue weighted by molar-refractivity contribution is 7.89. The van der Waals surface area contributed by atoms with Gasteiger partial charge in [0.2, 0.25) is 21.8 Å². The Morgan fingerprint density at radius 1 is 0.968 bits per heavy atom. The second-order valence-corrected chi connectivity index (χ2v) is 9.02. The Balaban J connectivity index is 1.66. The second kappa shape index (κ2) is 9.06. The maximum Gasteiger partial charge on any atom is 0.246 e. The lowest BCUT2D eigenvalue weighted by molar-refractivity contribution is -0.121. The molecule has 1 saturated heterocycles. The van der Waals surface area contributed by atoms with E-state index in [0.717, 1.165) is 22.5 Å². The van der Waals surface area contributed by atoms with Gasteiger partial charge in [-0.15, -0.1) is 0 Å². The van der Waals surface area contributed by atoms with Gasteiger partial charge in [0.05, 0.1) is 5.69 Å². The highest BCUT2D eigenvalue weighted by Gasteiger charge is 2.34. The van der Waals surface area contributed by atoms with Gasteiger partial charge >= 0.3 is 0 Å². The van der Waals surface area contributed by atoms with E-state index in [1.165, 1.54) is 19.1 Å². The molecule has 11 heteroatoms. The highest BCUT2D eigenvalue weighted by Crippen LogP contribution is 2.27. The third-order valence-electron chi connectivity index (χ3n) is 4.88. The summed E-state index contributed by atoms with van der Waals surface area (Å²) >= 11 is 0. The molecule has 1 fully saturated rings. The molecule has 0 atom stereocenters. The molecule has 166 valence electrons. The van der Waals surface area contributed by atoms with Crippen LogP contribution in [0.25, 0.3) is 0 Å². The van der Waals surface area contributed by atoms with Gasteiger partial charge < -0.3 is 10.6 Å². The van der Waals surface area contributed by atoms with Gasteiger partial charge in [0.25, 0.3) is 0 Å². The van der Waals surface area contributed by atoms with E-state index in [1.807, 2.05) is 0 Å². The number of benzene rings is 2. The van der Waals surface area contributed by atoms with Crippen molar-refractivity contribution in [2.24, 2.45) is 5.92 Å². The van der Waals surface area contributed by atoms with Crippen molar-refractivity contribution in [2.75, 3.05) is 23.7 Å². The fourth-order valence-corrected chi connectivity index (χ4v) is 4.85. The molecule has 1 heterocycles. The molecule has 0 bridgehead atoms. The molecular formula is C20H20F3N3O4S. The van der Waals surface area contributed by atoms with Gasteiger partial charge in [-0.1, -0.05) is 0 Å². The van der Waals surface area contributed by atoms with Crippen LogP contribution in [0.5, 0.6) is 0 Å². The van der Waals surface area contributed by atoms with E-state index in [1.54, 1.807) is 0 Å². The van der Waals surface area contributed by atoms with Crippen molar-refractivity contribution in [3.63, 3.8) is 0 Å². The number of hydrogen-bond donors (Lipinski definition) is 2. The lowest BCUT2D eigenvalue weighted by atomic mass is 9.97. The number of anilines is 2. The Kier molecular flexibility index (Phi) is 6.65. The van der Waals surface area contributed by atoms with E-state index >= 15 is 0 Å². The fourth-order valence-electron chi connectivity index (χ4n) is 3.31. The molecule has 0 aliphatic carbocycles. The molecule has 2 amide bonds. The van der Waals surface area contributed by atoms with E-state index in [2.05, 4.69) is 10.6 Å². The number of halogens is 3. The summed E-state index contributed by atoms with van der Waals surface area (Å²) in [7, 11) is -4.26. The number of piperidine rings is 1. The van der Waals surface area contributed by atoms with Crippen LogP contribution in [0.3, 0.4) is 0 Å². The molecule has 31 heavy (non-hydrogen) atoms. The highest BCUT2D eigenvalue weighted by atomic mass is 32.2. The molecule has 0 radical (unpaired) electrons. The summed E-state index contributed by atoms with van der Waals surface area (Å²) in [5.74, 6) is -4.09. The molecule has 0 spiro atoms. The molecule has 0 unspecified atom stereocenters. The maximum atomic E-state index is 14.0. The molecular weight excluding hydrogens is 435 g/mol. The molecule has 0 aromatic heterocycles. The average molecular weight is 455 g/mol. The van der Waals surface area contributed by atoms with Gasteiger partial charge in [-0.25, -0.2) is 21.6 Å². The Morgan fingerprint density at radius 2 is 1.61 bits per heavy atom. The van der Waals surface area contributed by atoms with E-state index in [4.69, 9.17) is 0 Å². The third kappa shape index (κ3) is 5.23. The summed E-state index contributed by atoms with van der Waals surface area (Å²) in [6.07, 6.45) is 0.240. The minimum Gasteiger partial charge on any atom is -0.326 e. The van der Waals surface area contributed by atoms with Gasteiger partial charge in [0.15, 0.2) is 0 Å². The largest absolute Gasteiger partial charge is 0.326 e. The summed E-state index contributed by atoms with van der Waals surface area (Å²) in [5, 5.41) is 4.94. The number of amides is 2. The molecule has 2 aromatic carbocycles. The second-order valence-electron chi connectivity index (χ2n) is 7.12. The first-order valence-corrected chi connectivity index (χ1v) is 10.8. The third-order valence-corrected chi connectivity index (χ3v) is 6.79. The molecule has 3 rings (SSSR count). The SMILES string of the molecule is CC(=O)Nc1ccc(F)c(NC(=O)C2CCN(S(=O)(=O)c3cc(F)ccc3F)CC2)c1. The van der Waals surface area contributed by atoms with Crippen molar-refractivity contribution in [3.8, 4) is 0 Å². The number of carbonyl (C=O) groups is 2. The summed E-state index contributed by atoms with van der Waals surface area (Å²) in [6, 6.07) is 5.91. The fraction of sp³-hybridized carbons (Fsp3) is 0.300. The molecule has 2 N–H and O–H groups in total. The summed E-state index contributed by atoms with van der Waals surface area (Å²) in [5.41, 5.74) is 0.190. The monoisotopic (exact) mass is 455 g/mol. The molecule has 1 aliphatic heterocycles. The van der Waals surface area contributed by atoms with E-state index in [9.17, 15) is 31.2 Å². The van der Waals surface area contributed by atoms with Crippen LogP contribution < -0.4 is 10.6 Å². The first kappa shape index (κ1) is 22.8. The zero-order valence-electron chi connectivity index (χ0n) is 16.5. The Morgan fingerprint density at radius 3 is 2.26 bits per heavy atom. The number of rotatable bonds is 5. The molecule has 7 nitrogen and oxygen atoms in total. The van der Waals surface area contributed by atoms with Crippen LogP contribution in [0.1, 0.15) is 19.8 Å². The summed E-state index contributed by atoms with van der Waals surface area (Å²) in [4.78, 5) is 22.9. The maximum absolute atomic E-state index is 14.0. The Bertz CT molecular complexity index is 1120. The molecule has 0 saturated carbocycles. The standard InChI is InChI=1S/C20H20F3N3O4S/c1-12(27)24-15-3-5-16(22)18(11-15)25-20(28)13-6-8-26(9-7-13)31(29,30)19-10-14(21)2-4-17(19)23/h2-5,10-11,13H,6-9H2,1H3,(H,24,27)(H,25,28). The van der Waals surface area contributed by atoms with Gasteiger partial charge in [0.1, 0.15) is 22.3 Å². The van der Waals surface area contributed by atoms with E-state index in [0.29, 0.717) is 11.8 Å². The summed E-state index contributed by atoms with van der Waals surface area (Å²) in [6.45, 7) is 1.13. The van der Waals surface area contributed by atoms with E-state index in [-0.39, 0.29) is 37.5 Å². The normalized spacial score (nSPS) is 15.5. The first-order valence-electron chi connectivity index (χ1n) is 9.41. The topological polar surface area (TPSA) is 95.6 Å². The van der Waals surface area contributed by atoms with Crippen molar-refractivity contribution in [1.29, 1.82) is 0 Å². The lowest BCUT2D eigenvalue weighted by Gasteiger charge is -2.30. The number of hydrogen-bond acceptors (Lipinski definition) is 4. The average Bonchev–Trinajstić information content (AvgIpc) is 2.72. The zero-order chi connectivity index (χ0) is 22.8. The number of nitrogens with zero attached hydrogens (tertiary/aromatic N) is 1. The summed E-state index contributed by atoms with van der Waals surface area (Å²) < 4.78 is 67.6. The Labute approximate surface area is 177 Å².